The van der Waals surface area contributed by atoms with Crippen molar-refractivity contribution < 1.29 is 4.74 Å². The fourth-order valence-corrected chi connectivity index (χ4v) is 2.65. The van der Waals surface area contributed by atoms with Gasteiger partial charge in [-0.3, -0.25) is 0 Å². The number of rotatable bonds is 5. The first-order valence-corrected chi connectivity index (χ1v) is 7.30. The summed E-state index contributed by atoms with van der Waals surface area (Å²) in [5, 5.41) is 3.61. The number of benzene rings is 1. The third-order valence-electron chi connectivity index (χ3n) is 3.50. The highest BCUT2D eigenvalue weighted by molar-refractivity contribution is 5.33. The number of allylic oxidation sites excluding steroid dienone is 1. The molecule has 0 saturated heterocycles. The normalized spacial score (nSPS) is 19.6. The van der Waals surface area contributed by atoms with Gasteiger partial charge in [-0.25, -0.2) is 0 Å². The van der Waals surface area contributed by atoms with Crippen molar-refractivity contribution in [2.45, 2.75) is 45.8 Å². The summed E-state index contributed by atoms with van der Waals surface area (Å²) in [7, 11) is 0. The highest BCUT2D eigenvalue weighted by atomic mass is 16.5. The first kappa shape index (κ1) is 14.3. The second kappa shape index (κ2) is 6.88. The molecule has 0 aliphatic carbocycles. The molecule has 0 bridgehead atoms. The van der Waals surface area contributed by atoms with E-state index in [1.807, 2.05) is 0 Å². The molecule has 2 atom stereocenters. The topological polar surface area (TPSA) is 21.3 Å². The predicted molar refractivity (Wildman–Crippen MR) is 80.4 cm³/mol. The van der Waals surface area contributed by atoms with Crippen molar-refractivity contribution in [3.8, 4) is 0 Å². The van der Waals surface area contributed by atoms with Crippen LogP contribution in [0.25, 0.3) is 0 Å². The predicted octanol–water partition coefficient (Wildman–Crippen LogP) is 3.63. The van der Waals surface area contributed by atoms with Gasteiger partial charge in [-0.1, -0.05) is 42.8 Å². The molecule has 2 unspecified atom stereocenters. The number of ether oxygens (including phenoxy) is 1. The molecule has 1 aromatic rings. The molecule has 104 valence electrons. The molecular weight excluding hydrogens is 234 g/mol. The Morgan fingerprint density at radius 3 is 2.95 bits per heavy atom. The number of fused-ring (bicyclic) bond motifs is 1. The second-order valence-electron chi connectivity index (χ2n) is 5.46. The largest absolute Gasteiger partial charge is 0.371 e. The maximum atomic E-state index is 6.06. The molecule has 0 amide bonds. The van der Waals surface area contributed by atoms with E-state index in [1.54, 1.807) is 0 Å². The first-order valence-electron chi connectivity index (χ1n) is 7.30. The van der Waals surface area contributed by atoms with Crippen molar-refractivity contribution in [1.82, 2.24) is 5.32 Å². The average molecular weight is 259 g/mol. The minimum atomic E-state index is 0.145. The Balaban J connectivity index is 2.24. The second-order valence-corrected chi connectivity index (χ2v) is 5.46. The van der Waals surface area contributed by atoms with Crippen LogP contribution in [0.1, 0.15) is 44.4 Å². The Bertz CT molecular complexity index is 435. The van der Waals surface area contributed by atoms with Gasteiger partial charge in [0.15, 0.2) is 0 Å². The van der Waals surface area contributed by atoms with Gasteiger partial charge in [0.1, 0.15) is 6.10 Å². The summed E-state index contributed by atoms with van der Waals surface area (Å²) in [5.41, 5.74) is 4.12. The first-order chi connectivity index (χ1) is 9.22. The van der Waals surface area contributed by atoms with E-state index < -0.39 is 0 Å². The molecule has 0 fully saturated rings. The van der Waals surface area contributed by atoms with Gasteiger partial charge in [0.25, 0.3) is 0 Å². The summed E-state index contributed by atoms with van der Waals surface area (Å²) in [6.45, 7) is 8.34. The van der Waals surface area contributed by atoms with Crippen LogP contribution in [0.15, 0.2) is 35.9 Å². The van der Waals surface area contributed by atoms with Crippen LogP contribution < -0.4 is 5.32 Å². The van der Waals surface area contributed by atoms with Gasteiger partial charge in [-0.05, 0) is 44.4 Å². The van der Waals surface area contributed by atoms with Crippen LogP contribution in [0.3, 0.4) is 0 Å². The number of hydrogen-bond donors (Lipinski definition) is 1. The fourth-order valence-electron chi connectivity index (χ4n) is 2.65. The van der Waals surface area contributed by atoms with E-state index in [2.05, 4.69) is 56.4 Å². The van der Waals surface area contributed by atoms with E-state index >= 15 is 0 Å². The van der Waals surface area contributed by atoms with Crippen LogP contribution in [0.4, 0.5) is 0 Å². The monoisotopic (exact) mass is 259 g/mol. The van der Waals surface area contributed by atoms with Crippen molar-refractivity contribution in [2.75, 3.05) is 13.2 Å². The summed E-state index contributed by atoms with van der Waals surface area (Å²) in [5.74, 6) is 0. The van der Waals surface area contributed by atoms with Crippen molar-refractivity contribution in [2.24, 2.45) is 0 Å². The van der Waals surface area contributed by atoms with Gasteiger partial charge in [0, 0.05) is 0 Å². The Morgan fingerprint density at radius 2 is 2.21 bits per heavy atom. The maximum Gasteiger partial charge on any atom is 0.102 e. The smallest absolute Gasteiger partial charge is 0.102 e. The van der Waals surface area contributed by atoms with Crippen LogP contribution in [-0.2, 0) is 11.2 Å². The Kier molecular flexibility index (Phi) is 5.17. The molecule has 0 saturated carbocycles. The van der Waals surface area contributed by atoms with Crippen molar-refractivity contribution in [1.29, 1.82) is 0 Å². The molecular formula is C17H25NO. The van der Waals surface area contributed by atoms with E-state index in [4.69, 9.17) is 4.74 Å². The van der Waals surface area contributed by atoms with E-state index in [9.17, 15) is 0 Å². The van der Waals surface area contributed by atoms with E-state index in [0.29, 0.717) is 0 Å². The maximum absolute atomic E-state index is 6.06. The number of hydrogen-bond acceptors (Lipinski definition) is 2. The SMILES string of the molecule is CCCNC(C=C(C)C)C1OCCc2ccccc21. The molecule has 2 heteroatoms. The molecule has 0 spiro atoms. The van der Waals surface area contributed by atoms with E-state index in [1.165, 1.54) is 16.7 Å². The summed E-state index contributed by atoms with van der Waals surface area (Å²) in [6.07, 6.45) is 4.61. The molecule has 1 N–H and O–H groups in total. The minimum Gasteiger partial charge on any atom is -0.371 e. The molecule has 0 aromatic heterocycles. The highest BCUT2D eigenvalue weighted by Gasteiger charge is 2.26. The molecule has 1 aromatic carbocycles. The Morgan fingerprint density at radius 1 is 1.42 bits per heavy atom. The summed E-state index contributed by atoms with van der Waals surface area (Å²) < 4.78 is 6.06. The third kappa shape index (κ3) is 3.68. The Hall–Kier alpha value is -1.12. The molecule has 1 aliphatic rings. The Labute approximate surface area is 116 Å². The lowest BCUT2D eigenvalue weighted by Crippen LogP contribution is -2.37. The van der Waals surface area contributed by atoms with Gasteiger partial charge < -0.3 is 10.1 Å². The summed E-state index contributed by atoms with van der Waals surface area (Å²) in [6, 6.07) is 8.94. The molecule has 1 heterocycles. The van der Waals surface area contributed by atoms with Gasteiger partial charge >= 0.3 is 0 Å². The molecule has 1 aliphatic heterocycles. The van der Waals surface area contributed by atoms with Crippen molar-refractivity contribution >= 4 is 0 Å². The lowest BCUT2D eigenvalue weighted by Gasteiger charge is -2.32. The zero-order valence-corrected chi connectivity index (χ0v) is 12.3. The quantitative estimate of drug-likeness (QED) is 0.815. The fraction of sp³-hybridized carbons (Fsp3) is 0.529. The molecule has 19 heavy (non-hydrogen) atoms. The lowest BCUT2D eigenvalue weighted by molar-refractivity contribution is 0.0262. The van der Waals surface area contributed by atoms with E-state index in [-0.39, 0.29) is 12.1 Å². The zero-order chi connectivity index (χ0) is 13.7. The van der Waals surface area contributed by atoms with Crippen LogP contribution >= 0.6 is 0 Å². The molecule has 0 radical (unpaired) electrons. The van der Waals surface area contributed by atoms with Crippen LogP contribution in [0.2, 0.25) is 0 Å². The summed E-state index contributed by atoms with van der Waals surface area (Å²) >= 11 is 0. The molecule has 2 rings (SSSR count). The van der Waals surface area contributed by atoms with Gasteiger partial charge in [-0.15, -0.1) is 0 Å². The van der Waals surface area contributed by atoms with Crippen molar-refractivity contribution in [3.63, 3.8) is 0 Å². The van der Waals surface area contributed by atoms with Crippen LogP contribution in [-0.4, -0.2) is 19.2 Å². The molecule has 2 nitrogen and oxygen atoms in total. The van der Waals surface area contributed by atoms with Gasteiger partial charge in [0.05, 0.1) is 12.6 Å². The number of nitrogens with one attached hydrogen (secondary N) is 1. The van der Waals surface area contributed by atoms with Crippen LogP contribution in [0.5, 0.6) is 0 Å². The highest BCUT2D eigenvalue weighted by Crippen LogP contribution is 2.30. The summed E-state index contributed by atoms with van der Waals surface area (Å²) in [4.78, 5) is 0. The van der Waals surface area contributed by atoms with Gasteiger partial charge in [-0.2, -0.15) is 0 Å². The average Bonchev–Trinajstić information content (AvgIpc) is 2.42. The zero-order valence-electron chi connectivity index (χ0n) is 12.3. The van der Waals surface area contributed by atoms with Crippen molar-refractivity contribution in [3.05, 3.63) is 47.0 Å². The van der Waals surface area contributed by atoms with Crippen LogP contribution in [0, 0.1) is 0 Å². The van der Waals surface area contributed by atoms with E-state index in [0.717, 1.165) is 26.0 Å². The van der Waals surface area contributed by atoms with Gasteiger partial charge in [0.2, 0.25) is 0 Å². The lowest BCUT2D eigenvalue weighted by atomic mass is 9.92. The standard InChI is InChI=1S/C17H25NO/c1-4-10-18-16(12-13(2)3)17-15-8-6-5-7-14(15)9-11-19-17/h5-8,12,16-18H,4,9-11H2,1-3H3. The minimum absolute atomic E-state index is 0.145. The third-order valence-corrected chi connectivity index (χ3v) is 3.50.